The number of hydrogen-bond acceptors (Lipinski definition) is 5. The minimum atomic E-state index is -0.582. The summed E-state index contributed by atoms with van der Waals surface area (Å²) < 4.78 is 30.6. The molecule has 3 aromatic rings. The molecule has 0 bridgehead atoms. The summed E-state index contributed by atoms with van der Waals surface area (Å²) in [6.45, 7) is 0.158. The molecule has 162 valence electrons. The molecule has 8 heteroatoms. The van der Waals surface area contributed by atoms with Crippen molar-refractivity contribution < 1.29 is 23.4 Å². The van der Waals surface area contributed by atoms with Gasteiger partial charge in [0.25, 0.3) is 0 Å². The molecule has 0 aromatic heterocycles. The summed E-state index contributed by atoms with van der Waals surface area (Å²) in [5.41, 5.74) is 1.98. The predicted molar refractivity (Wildman–Crippen MR) is 123 cm³/mol. The first-order chi connectivity index (χ1) is 15.4. The number of cyclic esters (lactones) is 1. The van der Waals surface area contributed by atoms with E-state index in [1.165, 1.54) is 19.2 Å². The Morgan fingerprint density at radius 3 is 2.72 bits per heavy atom. The first kappa shape index (κ1) is 22.0. The van der Waals surface area contributed by atoms with Gasteiger partial charge >= 0.3 is 5.97 Å². The fraction of sp³-hybridized carbons (Fsp3) is 0.0833. The molecule has 1 heterocycles. The van der Waals surface area contributed by atoms with Crippen molar-refractivity contribution in [1.29, 1.82) is 0 Å². The van der Waals surface area contributed by atoms with Crippen LogP contribution in [0.1, 0.15) is 16.7 Å². The Labute approximate surface area is 197 Å². The van der Waals surface area contributed by atoms with E-state index in [9.17, 15) is 9.18 Å². The maximum atomic E-state index is 13.4. The van der Waals surface area contributed by atoms with Gasteiger partial charge in [-0.05, 0) is 69.5 Å². The quantitative estimate of drug-likeness (QED) is 0.290. The lowest BCUT2D eigenvalue weighted by atomic mass is 10.1. The van der Waals surface area contributed by atoms with E-state index in [1.54, 1.807) is 54.6 Å². The summed E-state index contributed by atoms with van der Waals surface area (Å²) in [5, 5.41) is 0.435. The van der Waals surface area contributed by atoms with Gasteiger partial charge in [-0.25, -0.2) is 14.2 Å². The molecule has 0 N–H and O–H groups in total. The maximum absolute atomic E-state index is 13.4. The van der Waals surface area contributed by atoms with Gasteiger partial charge in [0.05, 0.1) is 22.2 Å². The van der Waals surface area contributed by atoms with E-state index < -0.39 is 5.97 Å². The van der Waals surface area contributed by atoms with Gasteiger partial charge < -0.3 is 14.2 Å². The molecule has 0 fully saturated rings. The normalized spacial score (nSPS) is 14.3. The number of aliphatic imine (C=N–C) groups is 1. The Kier molecular flexibility index (Phi) is 6.58. The number of rotatable bonds is 6. The van der Waals surface area contributed by atoms with Gasteiger partial charge in [-0.3, -0.25) is 0 Å². The molecule has 32 heavy (non-hydrogen) atoms. The number of hydrogen-bond donors (Lipinski definition) is 0. The van der Waals surface area contributed by atoms with Crippen LogP contribution in [0, 0.1) is 5.82 Å². The lowest BCUT2D eigenvalue weighted by Crippen LogP contribution is -2.05. The second-order valence-corrected chi connectivity index (χ2v) is 8.03. The summed E-state index contributed by atoms with van der Waals surface area (Å²) in [6.07, 6.45) is 1.58. The monoisotopic (exact) mass is 515 g/mol. The van der Waals surface area contributed by atoms with Crippen molar-refractivity contribution in [2.75, 3.05) is 7.11 Å². The number of ether oxygens (including phenoxy) is 3. The van der Waals surface area contributed by atoms with E-state index in [1.807, 2.05) is 0 Å². The van der Waals surface area contributed by atoms with Crippen molar-refractivity contribution in [3.05, 3.63) is 98.4 Å². The van der Waals surface area contributed by atoms with E-state index in [2.05, 4.69) is 20.9 Å². The zero-order valence-corrected chi connectivity index (χ0v) is 19.1. The van der Waals surface area contributed by atoms with E-state index in [0.29, 0.717) is 37.7 Å². The van der Waals surface area contributed by atoms with Crippen LogP contribution in [0.4, 0.5) is 4.39 Å². The minimum Gasteiger partial charge on any atom is -0.493 e. The Morgan fingerprint density at radius 2 is 1.97 bits per heavy atom. The van der Waals surface area contributed by atoms with Crippen molar-refractivity contribution >= 4 is 45.5 Å². The second kappa shape index (κ2) is 9.54. The summed E-state index contributed by atoms with van der Waals surface area (Å²) in [4.78, 5) is 16.6. The zero-order valence-electron chi connectivity index (χ0n) is 16.8. The Hall–Kier alpha value is -3.16. The maximum Gasteiger partial charge on any atom is 0.363 e. The summed E-state index contributed by atoms with van der Waals surface area (Å²) >= 11 is 9.64. The molecule has 0 atom stereocenters. The van der Waals surface area contributed by atoms with Gasteiger partial charge in [0.1, 0.15) is 12.4 Å². The van der Waals surface area contributed by atoms with Gasteiger partial charge in [-0.1, -0.05) is 35.9 Å². The minimum absolute atomic E-state index is 0.127. The first-order valence-electron chi connectivity index (χ1n) is 9.47. The van der Waals surface area contributed by atoms with Gasteiger partial charge in [-0.2, -0.15) is 0 Å². The van der Waals surface area contributed by atoms with Crippen LogP contribution in [0.2, 0.25) is 5.02 Å². The molecular formula is C24H16BrClFNO4. The molecule has 0 saturated carbocycles. The Balaban J connectivity index is 1.60. The first-order valence-corrected chi connectivity index (χ1v) is 10.6. The number of carbonyl (C=O) groups excluding carboxylic acids is 1. The molecule has 0 saturated heterocycles. The highest BCUT2D eigenvalue weighted by molar-refractivity contribution is 9.10. The topological polar surface area (TPSA) is 57.1 Å². The third-order valence-corrected chi connectivity index (χ3v) is 5.47. The lowest BCUT2D eigenvalue weighted by molar-refractivity contribution is -0.129. The Morgan fingerprint density at radius 1 is 1.16 bits per heavy atom. The smallest absolute Gasteiger partial charge is 0.363 e. The van der Waals surface area contributed by atoms with E-state index in [4.69, 9.17) is 25.8 Å². The average Bonchev–Trinajstić information content (AvgIpc) is 3.13. The molecule has 1 aliphatic rings. The molecule has 5 nitrogen and oxygen atoms in total. The van der Waals surface area contributed by atoms with Crippen LogP contribution in [0.3, 0.4) is 0 Å². The number of methoxy groups -OCH3 is 1. The standard InChI is InChI=1S/C24H16BrClFNO4/c1-30-21-12-15(10-18(25)22(21)31-13-14-5-4-6-16(27)9-14)11-20-24(29)32-23(28-20)17-7-2-3-8-19(17)26/h2-12H,13H2,1H3/b20-11-. The Bertz CT molecular complexity index is 1260. The molecule has 4 rings (SSSR count). The molecule has 0 unspecified atom stereocenters. The fourth-order valence-corrected chi connectivity index (χ4v) is 3.85. The predicted octanol–water partition coefficient (Wildman–Crippen LogP) is 6.17. The van der Waals surface area contributed by atoms with Crippen molar-refractivity contribution in [3.8, 4) is 11.5 Å². The number of halogens is 3. The average molecular weight is 517 g/mol. The number of nitrogens with zero attached hydrogens (tertiary/aromatic N) is 1. The van der Waals surface area contributed by atoms with Crippen molar-refractivity contribution in [2.45, 2.75) is 6.61 Å². The third-order valence-electron chi connectivity index (χ3n) is 4.55. The van der Waals surface area contributed by atoms with Crippen LogP contribution in [-0.2, 0) is 16.1 Å². The van der Waals surface area contributed by atoms with Crippen molar-refractivity contribution in [1.82, 2.24) is 0 Å². The highest BCUT2D eigenvalue weighted by Gasteiger charge is 2.25. The lowest BCUT2D eigenvalue weighted by Gasteiger charge is -2.13. The van der Waals surface area contributed by atoms with Gasteiger partial charge in [0.2, 0.25) is 5.90 Å². The van der Waals surface area contributed by atoms with Gasteiger partial charge in [0, 0.05) is 0 Å². The number of esters is 1. The molecule has 3 aromatic carbocycles. The van der Waals surface area contributed by atoms with Crippen LogP contribution in [0.25, 0.3) is 6.08 Å². The number of benzene rings is 3. The highest BCUT2D eigenvalue weighted by atomic mass is 79.9. The van der Waals surface area contributed by atoms with E-state index in [-0.39, 0.29) is 24.0 Å². The highest BCUT2D eigenvalue weighted by Crippen LogP contribution is 2.38. The molecule has 0 aliphatic carbocycles. The summed E-state index contributed by atoms with van der Waals surface area (Å²) in [5.74, 6) is 0.117. The van der Waals surface area contributed by atoms with Crippen molar-refractivity contribution in [3.63, 3.8) is 0 Å². The molecule has 0 amide bonds. The fourth-order valence-electron chi connectivity index (χ4n) is 3.06. The molecule has 0 radical (unpaired) electrons. The summed E-state index contributed by atoms with van der Waals surface area (Å²) in [6, 6.07) is 16.6. The van der Waals surface area contributed by atoms with Crippen LogP contribution < -0.4 is 9.47 Å². The second-order valence-electron chi connectivity index (χ2n) is 6.77. The third kappa shape index (κ3) is 4.84. The number of carbonyl (C=O) groups is 1. The van der Waals surface area contributed by atoms with Gasteiger partial charge in [-0.15, -0.1) is 0 Å². The molecule has 0 spiro atoms. The van der Waals surface area contributed by atoms with Crippen LogP contribution >= 0.6 is 27.5 Å². The van der Waals surface area contributed by atoms with Crippen LogP contribution in [-0.4, -0.2) is 19.0 Å². The largest absolute Gasteiger partial charge is 0.493 e. The van der Waals surface area contributed by atoms with E-state index in [0.717, 1.165) is 0 Å². The SMILES string of the molecule is COc1cc(/C=C2\N=C(c3ccccc3Cl)OC2=O)cc(Br)c1OCc1cccc(F)c1. The van der Waals surface area contributed by atoms with Crippen LogP contribution in [0.15, 0.2) is 75.8 Å². The molecule has 1 aliphatic heterocycles. The van der Waals surface area contributed by atoms with Crippen molar-refractivity contribution in [2.24, 2.45) is 4.99 Å². The van der Waals surface area contributed by atoms with E-state index >= 15 is 0 Å². The summed E-state index contributed by atoms with van der Waals surface area (Å²) in [7, 11) is 1.51. The van der Waals surface area contributed by atoms with Crippen LogP contribution in [0.5, 0.6) is 11.5 Å². The van der Waals surface area contributed by atoms with Gasteiger partial charge in [0.15, 0.2) is 17.2 Å². The molecular weight excluding hydrogens is 501 g/mol. The zero-order chi connectivity index (χ0) is 22.7.